The van der Waals surface area contributed by atoms with E-state index in [2.05, 4.69) is 4.98 Å². The van der Waals surface area contributed by atoms with E-state index in [4.69, 9.17) is 21.1 Å². The Morgan fingerprint density at radius 1 is 1.65 bits per heavy atom. The van der Waals surface area contributed by atoms with Crippen LogP contribution in [-0.4, -0.2) is 38.8 Å². The Hall–Kier alpha value is -1.18. The van der Waals surface area contributed by atoms with Gasteiger partial charge in [-0.3, -0.25) is 9.36 Å². The summed E-state index contributed by atoms with van der Waals surface area (Å²) >= 11 is 5.61. The van der Waals surface area contributed by atoms with E-state index in [-0.39, 0.29) is 11.9 Å². The number of ether oxygens (including phenoxy) is 2. The fourth-order valence-corrected chi connectivity index (χ4v) is 2.27. The lowest BCUT2D eigenvalue weighted by Crippen LogP contribution is -2.34. The third-order valence-electron chi connectivity index (χ3n) is 2.86. The molecule has 6 nitrogen and oxygen atoms in total. The van der Waals surface area contributed by atoms with Gasteiger partial charge in [0, 0.05) is 0 Å². The summed E-state index contributed by atoms with van der Waals surface area (Å²) in [6.45, 7) is 0. The summed E-state index contributed by atoms with van der Waals surface area (Å²) < 4.78 is 25.0. The second-order valence-electron chi connectivity index (χ2n) is 3.88. The highest BCUT2D eigenvalue weighted by atomic mass is 35.5. The summed E-state index contributed by atoms with van der Waals surface area (Å²) in [4.78, 5) is 14.4. The molecule has 3 heterocycles. The lowest BCUT2D eigenvalue weighted by atomic mass is 10.1. The largest absolute Gasteiger partial charge is 0.453 e. The maximum absolute atomic E-state index is 13.1. The van der Waals surface area contributed by atoms with E-state index >= 15 is 0 Å². The summed E-state index contributed by atoms with van der Waals surface area (Å²) in [5.74, 6) is -0.895. The van der Waals surface area contributed by atoms with Crippen LogP contribution >= 0.6 is 11.6 Å². The summed E-state index contributed by atoms with van der Waals surface area (Å²) in [6.07, 6.45) is -1.97. The van der Waals surface area contributed by atoms with Gasteiger partial charge in [0.05, 0.1) is 12.1 Å². The van der Waals surface area contributed by atoms with Crippen LogP contribution in [0.5, 0.6) is 6.01 Å². The minimum Gasteiger partial charge on any atom is -0.453 e. The molecule has 2 aliphatic rings. The molecule has 1 aromatic rings. The van der Waals surface area contributed by atoms with Crippen LogP contribution in [0.3, 0.4) is 0 Å². The number of alkyl halides is 1. The number of aliphatic hydroxyl groups excluding tert-OH is 1. The molecule has 0 radical (unpaired) electrons. The van der Waals surface area contributed by atoms with E-state index < -0.39 is 35.9 Å². The number of rotatable bonds is 1. The van der Waals surface area contributed by atoms with Crippen LogP contribution in [-0.2, 0) is 4.74 Å². The second-order valence-corrected chi connectivity index (χ2v) is 4.18. The highest BCUT2D eigenvalue weighted by molar-refractivity contribution is 6.18. The highest BCUT2D eigenvalue weighted by Crippen LogP contribution is 2.39. The smallest absolute Gasteiger partial charge is 0.311 e. The number of hydrogen-bond acceptors (Lipinski definition) is 5. The fourth-order valence-electron chi connectivity index (χ4n) is 2.02. The van der Waals surface area contributed by atoms with Crippen LogP contribution < -0.4 is 10.3 Å². The molecular formula is C9H8ClFN2O4. The van der Waals surface area contributed by atoms with Crippen molar-refractivity contribution in [1.29, 1.82) is 0 Å². The topological polar surface area (TPSA) is 73.6 Å². The molecule has 1 aromatic heterocycles. The number of halogens is 2. The number of fused-ring (bicyclic) bond motifs is 3. The third kappa shape index (κ3) is 1.46. The summed E-state index contributed by atoms with van der Waals surface area (Å²) in [6, 6.07) is -0.0570. The number of hydrogen-bond donors (Lipinski definition) is 1. The van der Waals surface area contributed by atoms with E-state index in [1.165, 1.54) is 4.57 Å². The van der Waals surface area contributed by atoms with Crippen molar-refractivity contribution < 1.29 is 19.0 Å². The normalized spacial score (nSPS) is 34.3. The number of aliphatic hydroxyl groups is 1. The first-order valence-corrected chi connectivity index (χ1v) is 5.50. The molecule has 1 fully saturated rings. The van der Waals surface area contributed by atoms with Crippen LogP contribution in [0, 0.1) is 5.82 Å². The molecule has 0 bridgehead atoms. The summed E-state index contributed by atoms with van der Waals surface area (Å²) in [7, 11) is 0. The molecule has 0 aromatic carbocycles. The van der Waals surface area contributed by atoms with Gasteiger partial charge in [0.15, 0.2) is 12.3 Å². The van der Waals surface area contributed by atoms with Crippen molar-refractivity contribution in [2.24, 2.45) is 0 Å². The van der Waals surface area contributed by atoms with Gasteiger partial charge in [0.2, 0.25) is 5.82 Å². The van der Waals surface area contributed by atoms with Gasteiger partial charge in [-0.25, -0.2) is 0 Å². The fraction of sp³-hybridized carbons (Fsp3) is 0.556. The Labute approximate surface area is 99.5 Å². The average molecular weight is 263 g/mol. The molecule has 0 unspecified atom stereocenters. The molecule has 3 rings (SSSR count). The SMILES string of the molecule is O=c1nc2n(cc1F)[C@H]1O[C@@H](CCl)[C@@H](O)[C@H]1O2. The van der Waals surface area contributed by atoms with Gasteiger partial charge in [-0.15, -0.1) is 11.6 Å². The zero-order chi connectivity index (χ0) is 12.2. The van der Waals surface area contributed by atoms with Crippen molar-refractivity contribution in [1.82, 2.24) is 9.55 Å². The Morgan fingerprint density at radius 2 is 2.41 bits per heavy atom. The van der Waals surface area contributed by atoms with Crippen molar-refractivity contribution in [2.75, 3.05) is 5.88 Å². The number of nitrogens with zero attached hydrogens (tertiary/aromatic N) is 2. The van der Waals surface area contributed by atoms with E-state index in [1.54, 1.807) is 0 Å². The summed E-state index contributed by atoms with van der Waals surface area (Å²) in [5, 5.41) is 9.82. The molecule has 8 heteroatoms. The van der Waals surface area contributed by atoms with Crippen LogP contribution in [0.15, 0.2) is 11.0 Å². The Kier molecular flexibility index (Phi) is 2.35. The van der Waals surface area contributed by atoms with E-state index in [0.717, 1.165) is 6.20 Å². The van der Waals surface area contributed by atoms with Crippen molar-refractivity contribution in [2.45, 2.75) is 24.5 Å². The zero-order valence-corrected chi connectivity index (χ0v) is 9.17. The maximum atomic E-state index is 13.1. The minimum atomic E-state index is -1.00. The van der Waals surface area contributed by atoms with Gasteiger partial charge in [0.1, 0.15) is 12.2 Å². The Bertz CT molecular complexity index is 522. The van der Waals surface area contributed by atoms with Gasteiger partial charge in [0.25, 0.3) is 0 Å². The Balaban J connectivity index is 2.02. The van der Waals surface area contributed by atoms with E-state index in [1.807, 2.05) is 0 Å². The van der Waals surface area contributed by atoms with Gasteiger partial charge < -0.3 is 14.6 Å². The molecule has 0 amide bonds. The van der Waals surface area contributed by atoms with Crippen molar-refractivity contribution in [3.63, 3.8) is 0 Å². The van der Waals surface area contributed by atoms with Crippen LogP contribution in [0.2, 0.25) is 0 Å². The zero-order valence-electron chi connectivity index (χ0n) is 8.42. The van der Waals surface area contributed by atoms with Gasteiger partial charge in [-0.05, 0) is 0 Å². The van der Waals surface area contributed by atoms with Crippen molar-refractivity contribution in [3.8, 4) is 6.01 Å². The lowest BCUT2D eigenvalue weighted by Gasteiger charge is -2.13. The third-order valence-corrected chi connectivity index (χ3v) is 3.16. The predicted molar refractivity (Wildman–Crippen MR) is 53.5 cm³/mol. The highest BCUT2D eigenvalue weighted by Gasteiger charge is 2.51. The Morgan fingerprint density at radius 3 is 3.12 bits per heavy atom. The quantitative estimate of drug-likeness (QED) is 0.700. The standard InChI is InChI=1S/C9H8ClFN2O4/c10-1-4-5(14)6-8(16-4)13-2-3(11)7(15)12-9(13)17-6/h2,4-6,8,14H,1H2/t4-,5+,6+,8-/m0/s1. The molecule has 0 spiro atoms. The summed E-state index contributed by atoms with van der Waals surface area (Å²) in [5.41, 5.74) is -1.00. The number of aromatic nitrogens is 2. The molecule has 1 saturated heterocycles. The van der Waals surface area contributed by atoms with Gasteiger partial charge >= 0.3 is 11.6 Å². The molecule has 1 N–H and O–H groups in total. The van der Waals surface area contributed by atoms with Crippen LogP contribution in [0.25, 0.3) is 0 Å². The molecule has 0 aliphatic carbocycles. The first-order chi connectivity index (χ1) is 8.11. The van der Waals surface area contributed by atoms with Crippen LogP contribution in [0.4, 0.5) is 4.39 Å². The molecule has 4 atom stereocenters. The molecule has 0 saturated carbocycles. The van der Waals surface area contributed by atoms with Gasteiger partial charge in [-0.1, -0.05) is 0 Å². The van der Waals surface area contributed by atoms with Gasteiger partial charge in [-0.2, -0.15) is 9.37 Å². The van der Waals surface area contributed by atoms with Crippen molar-refractivity contribution >= 4 is 11.6 Å². The molecule has 92 valence electrons. The molecular weight excluding hydrogens is 255 g/mol. The van der Waals surface area contributed by atoms with Crippen molar-refractivity contribution in [3.05, 3.63) is 22.4 Å². The minimum absolute atomic E-state index is 0.0570. The average Bonchev–Trinajstić information content (AvgIpc) is 2.78. The molecule has 2 aliphatic heterocycles. The van der Waals surface area contributed by atoms with E-state index in [9.17, 15) is 14.3 Å². The predicted octanol–water partition coefficient (Wildman–Crippen LogP) is -0.359. The lowest BCUT2D eigenvalue weighted by molar-refractivity contribution is -0.00503. The van der Waals surface area contributed by atoms with E-state index in [0.29, 0.717) is 0 Å². The first kappa shape index (κ1) is 10.9. The molecule has 17 heavy (non-hydrogen) atoms. The second kappa shape index (κ2) is 3.66. The first-order valence-electron chi connectivity index (χ1n) is 4.96. The maximum Gasteiger partial charge on any atom is 0.311 e. The van der Waals surface area contributed by atoms with Crippen LogP contribution in [0.1, 0.15) is 6.23 Å². The monoisotopic (exact) mass is 262 g/mol.